The highest BCUT2D eigenvalue weighted by molar-refractivity contribution is 9.11. The molecule has 6 heteroatoms. The van der Waals surface area contributed by atoms with E-state index in [0.717, 1.165) is 22.3 Å². The van der Waals surface area contributed by atoms with Gasteiger partial charge in [-0.3, -0.25) is 4.79 Å². The van der Waals surface area contributed by atoms with Crippen LogP contribution in [0.1, 0.15) is 48.0 Å². The highest BCUT2D eigenvalue weighted by atomic mass is 79.9. The van der Waals surface area contributed by atoms with Gasteiger partial charge < -0.3 is 20.5 Å². The third-order valence-corrected chi connectivity index (χ3v) is 4.56. The Kier molecular flexibility index (Phi) is 9.93. The molecule has 1 aliphatic carbocycles. The SMILES string of the molecule is C/C(=C\C=C(/C)C(=O)NC1=CCC(Br)=CC(C(C)(C)O)=C1)NCCOC(C)C. The zero-order valence-corrected chi connectivity index (χ0v) is 19.3. The Bertz CT molecular complexity index is 708. The second-order valence-corrected chi connectivity index (χ2v) is 8.63. The summed E-state index contributed by atoms with van der Waals surface area (Å²) in [5, 5.41) is 16.5. The van der Waals surface area contributed by atoms with Crippen LogP contribution in [0.3, 0.4) is 0 Å². The molecule has 3 N–H and O–H groups in total. The van der Waals surface area contributed by atoms with Gasteiger partial charge in [-0.25, -0.2) is 0 Å². The first-order chi connectivity index (χ1) is 13.0. The summed E-state index contributed by atoms with van der Waals surface area (Å²) in [5.74, 6) is -0.178. The van der Waals surface area contributed by atoms with Gasteiger partial charge in [-0.15, -0.1) is 0 Å². The van der Waals surface area contributed by atoms with Crippen molar-refractivity contribution in [2.45, 2.75) is 59.7 Å². The van der Waals surface area contributed by atoms with E-state index >= 15 is 0 Å². The fraction of sp³-hybridized carbons (Fsp3) is 0.500. The van der Waals surface area contributed by atoms with E-state index in [0.29, 0.717) is 24.3 Å². The van der Waals surface area contributed by atoms with E-state index in [1.165, 1.54) is 0 Å². The lowest BCUT2D eigenvalue weighted by Crippen LogP contribution is -2.25. The number of carbonyl (C=O) groups is 1. The van der Waals surface area contributed by atoms with Gasteiger partial charge in [0, 0.05) is 23.5 Å². The van der Waals surface area contributed by atoms with E-state index in [4.69, 9.17) is 4.74 Å². The second-order valence-electron chi connectivity index (χ2n) is 7.61. The highest BCUT2D eigenvalue weighted by Gasteiger charge is 2.20. The van der Waals surface area contributed by atoms with Gasteiger partial charge in [0.1, 0.15) is 0 Å². The fourth-order valence-electron chi connectivity index (χ4n) is 2.30. The van der Waals surface area contributed by atoms with Gasteiger partial charge >= 0.3 is 0 Å². The van der Waals surface area contributed by atoms with Crippen LogP contribution in [0.15, 0.2) is 57.4 Å². The molecule has 0 bridgehead atoms. The molecule has 1 aliphatic rings. The number of nitrogens with one attached hydrogen (secondary N) is 2. The van der Waals surface area contributed by atoms with Crippen LogP contribution in [0, 0.1) is 0 Å². The van der Waals surface area contributed by atoms with Crippen molar-refractivity contribution in [3.63, 3.8) is 0 Å². The number of ether oxygens (including phenoxy) is 1. The number of rotatable bonds is 9. The number of amides is 1. The molecule has 0 radical (unpaired) electrons. The Morgan fingerprint density at radius 3 is 2.61 bits per heavy atom. The van der Waals surface area contributed by atoms with E-state index in [1.807, 2.05) is 39.0 Å². The van der Waals surface area contributed by atoms with Crippen LogP contribution in [0.2, 0.25) is 0 Å². The standard InChI is InChI=1S/C22H33BrN2O3/c1-15(2)28-12-11-24-17(4)8-7-16(3)21(26)25-20-10-9-19(23)13-18(14-20)22(5,6)27/h7-8,10,13-15,24,27H,9,11-12H2,1-6H3,(H,25,26)/b16-7+,17-8+. The number of allylic oxidation sites excluding steroid dienone is 6. The normalized spacial score (nSPS) is 16.2. The summed E-state index contributed by atoms with van der Waals surface area (Å²) in [6.45, 7) is 12.5. The molecular weight excluding hydrogens is 420 g/mol. The van der Waals surface area contributed by atoms with Crippen LogP contribution in [-0.4, -0.2) is 35.9 Å². The van der Waals surface area contributed by atoms with Crippen molar-refractivity contribution in [2.24, 2.45) is 0 Å². The van der Waals surface area contributed by atoms with E-state index < -0.39 is 5.60 Å². The van der Waals surface area contributed by atoms with Gasteiger partial charge in [0.05, 0.1) is 18.3 Å². The summed E-state index contributed by atoms with van der Waals surface area (Å²) in [6.07, 6.45) is 10.1. The van der Waals surface area contributed by atoms with Crippen molar-refractivity contribution in [3.05, 3.63) is 57.4 Å². The number of hydrogen-bond donors (Lipinski definition) is 3. The topological polar surface area (TPSA) is 70.6 Å². The van der Waals surface area contributed by atoms with Crippen molar-refractivity contribution in [1.29, 1.82) is 0 Å². The van der Waals surface area contributed by atoms with Gasteiger partial charge in [-0.2, -0.15) is 0 Å². The Morgan fingerprint density at radius 1 is 1.32 bits per heavy atom. The average Bonchev–Trinajstić information content (AvgIpc) is 2.78. The molecule has 0 aromatic rings. The molecule has 0 heterocycles. The third-order valence-electron chi connectivity index (χ3n) is 4.00. The largest absolute Gasteiger partial charge is 0.386 e. The molecule has 1 rings (SSSR count). The maximum Gasteiger partial charge on any atom is 0.251 e. The first kappa shape index (κ1) is 24.4. The molecule has 1 amide bonds. The molecule has 5 nitrogen and oxygen atoms in total. The van der Waals surface area contributed by atoms with Crippen molar-refractivity contribution in [2.75, 3.05) is 13.2 Å². The predicted octanol–water partition coefficient (Wildman–Crippen LogP) is 4.23. The molecule has 0 unspecified atom stereocenters. The van der Waals surface area contributed by atoms with Gasteiger partial charge in [0.15, 0.2) is 0 Å². The lowest BCUT2D eigenvalue weighted by atomic mass is 9.97. The molecule has 156 valence electrons. The summed E-state index contributed by atoms with van der Waals surface area (Å²) >= 11 is 3.49. The molecule has 0 aliphatic heterocycles. The molecule has 0 aromatic carbocycles. The van der Waals surface area contributed by atoms with Crippen LogP contribution in [0.4, 0.5) is 0 Å². The predicted molar refractivity (Wildman–Crippen MR) is 119 cm³/mol. The number of aliphatic hydroxyl groups is 1. The first-order valence-corrected chi connectivity index (χ1v) is 10.3. The minimum Gasteiger partial charge on any atom is -0.386 e. The second kappa shape index (κ2) is 11.4. The van der Waals surface area contributed by atoms with Crippen LogP contribution in [-0.2, 0) is 9.53 Å². The lowest BCUT2D eigenvalue weighted by Gasteiger charge is -2.19. The van der Waals surface area contributed by atoms with E-state index in [9.17, 15) is 9.90 Å². The molecule has 0 atom stereocenters. The third kappa shape index (κ3) is 9.53. The summed E-state index contributed by atoms with van der Waals surface area (Å²) in [7, 11) is 0. The zero-order valence-electron chi connectivity index (χ0n) is 17.7. The molecule has 0 aromatic heterocycles. The van der Waals surface area contributed by atoms with Gasteiger partial charge in [0.2, 0.25) is 0 Å². The smallest absolute Gasteiger partial charge is 0.251 e. The van der Waals surface area contributed by atoms with Crippen LogP contribution in [0.5, 0.6) is 0 Å². The maximum atomic E-state index is 12.5. The monoisotopic (exact) mass is 452 g/mol. The molecule has 0 saturated carbocycles. The first-order valence-electron chi connectivity index (χ1n) is 9.52. The van der Waals surface area contributed by atoms with Gasteiger partial charge in [0.25, 0.3) is 5.91 Å². The molecule has 0 fully saturated rings. The van der Waals surface area contributed by atoms with E-state index in [1.54, 1.807) is 32.9 Å². The quantitative estimate of drug-likeness (QED) is 0.278. The molecule has 28 heavy (non-hydrogen) atoms. The van der Waals surface area contributed by atoms with E-state index in [-0.39, 0.29) is 12.0 Å². The van der Waals surface area contributed by atoms with Crippen molar-refractivity contribution >= 4 is 21.8 Å². The summed E-state index contributed by atoms with van der Waals surface area (Å²) in [5.41, 5.74) is 1.96. The minimum absolute atomic E-state index is 0.178. The Morgan fingerprint density at radius 2 is 2.00 bits per heavy atom. The fourth-order valence-corrected chi connectivity index (χ4v) is 2.71. The van der Waals surface area contributed by atoms with Gasteiger partial charge in [-0.05, 0) is 76.2 Å². The highest BCUT2D eigenvalue weighted by Crippen LogP contribution is 2.26. The molecule has 0 spiro atoms. The van der Waals surface area contributed by atoms with Crippen molar-refractivity contribution < 1.29 is 14.6 Å². The summed E-state index contributed by atoms with van der Waals surface area (Å²) in [6, 6.07) is 0. The van der Waals surface area contributed by atoms with Crippen molar-refractivity contribution in [3.8, 4) is 0 Å². The van der Waals surface area contributed by atoms with Crippen LogP contribution >= 0.6 is 15.9 Å². The van der Waals surface area contributed by atoms with Crippen LogP contribution in [0.25, 0.3) is 0 Å². The Balaban J connectivity index is 2.70. The van der Waals surface area contributed by atoms with E-state index in [2.05, 4.69) is 26.6 Å². The van der Waals surface area contributed by atoms with Gasteiger partial charge in [-0.1, -0.05) is 28.1 Å². The average molecular weight is 453 g/mol. The molecular formula is C22H33BrN2O3. The lowest BCUT2D eigenvalue weighted by molar-refractivity contribution is -0.116. The number of halogens is 1. The van der Waals surface area contributed by atoms with Crippen LogP contribution < -0.4 is 10.6 Å². The Labute approximate surface area is 177 Å². The maximum absolute atomic E-state index is 12.5. The number of carbonyl (C=O) groups excluding carboxylic acids is 1. The van der Waals surface area contributed by atoms with Crippen molar-refractivity contribution in [1.82, 2.24) is 10.6 Å². The minimum atomic E-state index is -0.997. The Hall–Kier alpha value is -1.63. The number of hydrogen-bond acceptors (Lipinski definition) is 4. The zero-order chi connectivity index (χ0) is 21.3. The summed E-state index contributed by atoms with van der Waals surface area (Å²) < 4.78 is 6.43. The molecule has 0 saturated heterocycles. The summed E-state index contributed by atoms with van der Waals surface area (Å²) in [4.78, 5) is 12.5.